The largest absolute Gasteiger partial charge is 0.0842 e. The third kappa shape index (κ3) is 2.71. The molecule has 0 aliphatic rings. The lowest BCUT2D eigenvalue weighted by Gasteiger charge is -2.09. The second-order valence-corrected chi connectivity index (χ2v) is 5.37. The van der Waals surface area contributed by atoms with Crippen LogP contribution in [0.2, 0.25) is 20.1 Å². The Morgan fingerprint density at radius 2 is 1.35 bits per heavy atom. The lowest BCUT2D eigenvalue weighted by atomic mass is 10.0. The van der Waals surface area contributed by atoms with Gasteiger partial charge in [0.25, 0.3) is 0 Å². The Bertz CT molecular complexity index is 553. The Morgan fingerprint density at radius 1 is 0.765 bits per heavy atom. The first-order chi connectivity index (χ1) is 7.99. The first kappa shape index (κ1) is 13.0. The fourth-order valence-electron chi connectivity index (χ4n) is 1.57. The third-order valence-electron chi connectivity index (χ3n) is 2.47. The third-order valence-corrected chi connectivity index (χ3v) is 3.69. The summed E-state index contributed by atoms with van der Waals surface area (Å²) in [5.74, 6) is 0. The Labute approximate surface area is 120 Å². The van der Waals surface area contributed by atoms with Crippen molar-refractivity contribution in [3.8, 4) is 11.1 Å². The van der Waals surface area contributed by atoms with Crippen molar-refractivity contribution in [1.29, 1.82) is 0 Å². The van der Waals surface area contributed by atoms with Gasteiger partial charge in [0.15, 0.2) is 0 Å². The van der Waals surface area contributed by atoms with Gasteiger partial charge in [-0.15, -0.1) is 0 Å². The van der Waals surface area contributed by atoms with Crippen LogP contribution in [0.15, 0.2) is 30.3 Å². The summed E-state index contributed by atoms with van der Waals surface area (Å²) in [5, 5.41) is 2.23. The van der Waals surface area contributed by atoms with Crippen LogP contribution in [0.25, 0.3) is 11.1 Å². The van der Waals surface area contributed by atoms with Gasteiger partial charge in [-0.05, 0) is 36.2 Å². The summed E-state index contributed by atoms with van der Waals surface area (Å²) < 4.78 is 0. The van der Waals surface area contributed by atoms with E-state index in [1.165, 1.54) is 0 Å². The second-order valence-electron chi connectivity index (χ2n) is 3.71. The molecule has 0 aromatic heterocycles. The van der Waals surface area contributed by atoms with Crippen molar-refractivity contribution in [2.75, 3.05) is 0 Å². The maximum atomic E-state index is 6.15. The molecule has 0 saturated heterocycles. The summed E-state index contributed by atoms with van der Waals surface area (Å²) in [6.45, 7) is 1.94. The molecule has 0 atom stereocenters. The number of rotatable bonds is 1. The minimum Gasteiger partial charge on any atom is -0.0842 e. The van der Waals surface area contributed by atoms with E-state index in [0.29, 0.717) is 20.1 Å². The second kappa shape index (κ2) is 5.07. The van der Waals surface area contributed by atoms with Gasteiger partial charge in [0.05, 0.1) is 10.0 Å². The molecule has 88 valence electrons. The first-order valence-corrected chi connectivity index (χ1v) is 6.41. The lowest BCUT2D eigenvalue weighted by molar-refractivity contribution is 1.47. The molecule has 0 radical (unpaired) electrons. The SMILES string of the molecule is Cc1ccc(-c2c(Cl)cc(Cl)cc2Cl)cc1Cl. The molecule has 0 amide bonds. The molecule has 0 spiro atoms. The summed E-state index contributed by atoms with van der Waals surface area (Å²) in [6.07, 6.45) is 0. The molecule has 0 heterocycles. The zero-order chi connectivity index (χ0) is 12.6. The number of hydrogen-bond donors (Lipinski definition) is 0. The van der Waals surface area contributed by atoms with Gasteiger partial charge in [0, 0.05) is 15.6 Å². The van der Waals surface area contributed by atoms with E-state index in [1.54, 1.807) is 12.1 Å². The van der Waals surface area contributed by atoms with Crippen LogP contribution in [0.1, 0.15) is 5.56 Å². The topological polar surface area (TPSA) is 0 Å². The zero-order valence-electron chi connectivity index (χ0n) is 8.90. The van der Waals surface area contributed by atoms with Crippen molar-refractivity contribution in [2.24, 2.45) is 0 Å². The summed E-state index contributed by atoms with van der Waals surface area (Å²) in [5.41, 5.74) is 2.64. The van der Waals surface area contributed by atoms with Gasteiger partial charge in [-0.1, -0.05) is 58.5 Å². The van der Waals surface area contributed by atoms with Crippen LogP contribution in [0.4, 0.5) is 0 Å². The number of aryl methyl sites for hydroxylation is 1. The maximum Gasteiger partial charge on any atom is 0.0514 e. The predicted molar refractivity (Wildman–Crippen MR) is 76.7 cm³/mol. The van der Waals surface area contributed by atoms with Crippen molar-refractivity contribution < 1.29 is 0 Å². The summed E-state index contributed by atoms with van der Waals surface area (Å²) in [6, 6.07) is 9.04. The van der Waals surface area contributed by atoms with Crippen LogP contribution in [-0.2, 0) is 0 Å². The summed E-state index contributed by atoms with van der Waals surface area (Å²) in [4.78, 5) is 0. The van der Waals surface area contributed by atoms with Gasteiger partial charge in [-0.2, -0.15) is 0 Å². The van der Waals surface area contributed by atoms with Gasteiger partial charge in [0.1, 0.15) is 0 Å². The zero-order valence-corrected chi connectivity index (χ0v) is 11.9. The average molecular weight is 306 g/mol. The molecule has 2 rings (SSSR count). The number of halogens is 4. The standard InChI is InChI=1S/C13H8Cl4/c1-7-2-3-8(4-10(7)15)13-11(16)5-9(14)6-12(13)17/h2-6H,1H3. The van der Waals surface area contributed by atoms with Gasteiger partial charge in [-0.3, -0.25) is 0 Å². The molecule has 4 heteroatoms. The molecular weight excluding hydrogens is 298 g/mol. The monoisotopic (exact) mass is 304 g/mol. The van der Waals surface area contributed by atoms with E-state index < -0.39 is 0 Å². The highest BCUT2D eigenvalue weighted by molar-refractivity contribution is 6.42. The maximum absolute atomic E-state index is 6.15. The molecule has 0 bridgehead atoms. The van der Waals surface area contributed by atoms with Crippen LogP contribution in [-0.4, -0.2) is 0 Å². The van der Waals surface area contributed by atoms with Crippen LogP contribution < -0.4 is 0 Å². The van der Waals surface area contributed by atoms with E-state index in [-0.39, 0.29) is 0 Å². The summed E-state index contributed by atoms with van der Waals surface area (Å²) >= 11 is 24.3. The van der Waals surface area contributed by atoms with Crippen molar-refractivity contribution in [3.05, 3.63) is 56.0 Å². The molecule has 17 heavy (non-hydrogen) atoms. The van der Waals surface area contributed by atoms with E-state index in [0.717, 1.165) is 16.7 Å². The molecule has 2 aromatic rings. The fraction of sp³-hybridized carbons (Fsp3) is 0.0769. The van der Waals surface area contributed by atoms with Gasteiger partial charge in [-0.25, -0.2) is 0 Å². The van der Waals surface area contributed by atoms with Crippen LogP contribution in [0, 0.1) is 6.92 Å². The molecule has 2 aromatic carbocycles. The smallest absolute Gasteiger partial charge is 0.0514 e. The van der Waals surface area contributed by atoms with Gasteiger partial charge in [0.2, 0.25) is 0 Å². The molecule has 0 aliphatic heterocycles. The van der Waals surface area contributed by atoms with E-state index in [2.05, 4.69) is 0 Å². The molecule has 0 saturated carbocycles. The van der Waals surface area contributed by atoms with E-state index in [9.17, 15) is 0 Å². The highest BCUT2D eigenvalue weighted by Gasteiger charge is 2.11. The highest BCUT2D eigenvalue weighted by Crippen LogP contribution is 2.38. The van der Waals surface area contributed by atoms with E-state index in [4.69, 9.17) is 46.4 Å². The molecule has 0 fully saturated rings. The average Bonchev–Trinajstić information content (AvgIpc) is 2.21. The molecule has 0 unspecified atom stereocenters. The number of hydrogen-bond acceptors (Lipinski definition) is 0. The van der Waals surface area contributed by atoms with Crippen LogP contribution in [0.3, 0.4) is 0 Å². The molecule has 0 aliphatic carbocycles. The van der Waals surface area contributed by atoms with Gasteiger partial charge >= 0.3 is 0 Å². The molecule has 0 nitrogen and oxygen atoms in total. The Kier molecular flexibility index (Phi) is 3.89. The van der Waals surface area contributed by atoms with Gasteiger partial charge < -0.3 is 0 Å². The first-order valence-electron chi connectivity index (χ1n) is 4.90. The Morgan fingerprint density at radius 3 is 1.88 bits per heavy atom. The van der Waals surface area contributed by atoms with Crippen LogP contribution >= 0.6 is 46.4 Å². The minimum absolute atomic E-state index is 0.516. The van der Waals surface area contributed by atoms with E-state index >= 15 is 0 Å². The minimum atomic E-state index is 0.516. The number of benzene rings is 2. The van der Waals surface area contributed by atoms with Crippen molar-refractivity contribution in [3.63, 3.8) is 0 Å². The molecular formula is C13H8Cl4. The van der Waals surface area contributed by atoms with Crippen molar-refractivity contribution in [2.45, 2.75) is 6.92 Å². The highest BCUT2D eigenvalue weighted by atomic mass is 35.5. The van der Waals surface area contributed by atoms with Crippen LogP contribution in [0.5, 0.6) is 0 Å². The van der Waals surface area contributed by atoms with E-state index in [1.807, 2.05) is 25.1 Å². The Balaban J connectivity index is 2.64. The lowest BCUT2D eigenvalue weighted by Crippen LogP contribution is -1.84. The quantitative estimate of drug-likeness (QED) is 0.582. The predicted octanol–water partition coefficient (Wildman–Crippen LogP) is 6.28. The van der Waals surface area contributed by atoms with Crippen molar-refractivity contribution >= 4 is 46.4 Å². The normalized spacial score (nSPS) is 10.6. The summed E-state index contributed by atoms with van der Waals surface area (Å²) in [7, 11) is 0. The fourth-order valence-corrected chi connectivity index (χ4v) is 2.78. The molecule has 0 N–H and O–H groups in total. The van der Waals surface area contributed by atoms with Crippen molar-refractivity contribution in [1.82, 2.24) is 0 Å². The Hall–Kier alpha value is -0.400.